The van der Waals surface area contributed by atoms with E-state index in [4.69, 9.17) is 4.74 Å². The van der Waals surface area contributed by atoms with Crippen LogP contribution in [0.25, 0.3) is 10.9 Å². The highest BCUT2D eigenvalue weighted by molar-refractivity contribution is 6.59. The molecule has 0 aliphatic carbocycles. The molecule has 0 radical (unpaired) electrons. The molecule has 24 heavy (non-hydrogen) atoms. The first-order valence-corrected chi connectivity index (χ1v) is 8.17. The fourth-order valence-electron chi connectivity index (χ4n) is 2.71. The van der Waals surface area contributed by atoms with Crippen LogP contribution in [0.1, 0.15) is 34.6 Å². The Labute approximate surface area is 142 Å². The number of anilines is 1. The molecule has 2 rings (SSSR count). The Balaban J connectivity index is 2.57. The number of benzene rings is 1. The zero-order chi connectivity index (χ0) is 18.1. The summed E-state index contributed by atoms with van der Waals surface area (Å²) in [5, 5.41) is 20.0. The minimum Gasteiger partial charge on any atom is -0.443 e. The van der Waals surface area contributed by atoms with Crippen LogP contribution in [0.5, 0.6) is 0 Å². The van der Waals surface area contributed by atoms with Crippen molar-refractivity contribution in [1.82, 2.24) is 4.57 Å². The summed E-state index contributed by atoms with van der Waals surface area (Å²) in [6.45, 7) is 11.2. The van der Waals surface area contributed by atoms with Gasteiger partial charge in [-0.3, -0.25) is 4.57 Å². The second-order valence-corrected chi connectivity index (χ2v) is 6.67. The van der Waals surface area contributed by atoms with Gasteiger partial charge in [-0.05, 0) is 58.9 Å². The quantitative estimate of drug-likeness (QED) is 0.837. The van der Waals surface area contributed by atoms with Crippen molar-refractivity contribution in [1.29, 1.82) is 0 Å². The Morgan fingerprint density at radius 3 is 2.33 bits per heavy atom. The number of ether oxygens (including phenoxy) is 1. The molecule has 130 valence electrons. The number of aromatic nitrogens is 1. The molecule has 0 bridgehead atoms. The molecule has 0 atom stereocenters. The Bertz CT molecular complexity index is 730. The predicted octanol–water partition coefficient (Wildman–Crippen LogP) is 1.95. The molecule has 0 aliphatic heterocycles. The first-order valence-electron chi connectivity index (χ1n) is 8.17. The standard InChI is InChI=1S/C17H25BN2O4/c1-6-19(7-2)13-8-9-14-12(10-13)11-15(18(22)23)20(14)16(21)24-17(3,4)5/h8-11,22-23H,6-7H2,1-5H3. The Hall–Kier alpha value is -1.99. The fourth-order valence-corrected chi connectivity index (χ4v) is 2.71. The van der Waals surface area contributed by atoms with Gasteiger partial charge in [0.15, 0.2) is 0 Å². The number of fused-ring (bicyclic) bond motifs is 1. The maximum absolute atomic E-state index is 12.5. The van der Waals surface area contributed by atoms with E-state index >= 15 is 0 Å². The summed E-state index contributed by atoms with van der Waals surface area (Å²) in [6.07, 6.45) is -0.629. The van der Waals surface area contributed by atoms with Crippen LogP contribution in [-0.2, 0) is 4.74 Å². The second kappa shape index (κ2) is 6.87. The SMILES string of the molecule is CCN(CC)c1ccc2c(c1)cc(B(O)O)n2C(=O)OC(C)(C)C. The van der Waals surface area contributed by atoms with Crippen molar-refractivity contribution < 1.29 is 19.6 Å². The molecular weight excluding hydrogens is 307 g/mol. The van der Waals surface area contributed by atoms with Crippen LogP contribution in [0.2, 0.25) is 0 Å². The third-order valence-corrected chi connectivity index (χ3v) is 3.78. The van der Waals surface area contributed by atoms with E-state index in [1.165, 1.54) is 4.57 Å². The number of carbonyl (C=O) groups excluding carboxylic acids is 1. The molecule has 1 heterocycles. The van der Waals surface area contributed by atoms with Crippen molar-refractivity contribution in [2.75, 3.05) is 18.0 Å². The highest BCUT2D eigenvalue weighted by atomic mass is 16.6. The molecule has 1 aromatic carbocycles. The highest BCUT2D eigenvalue weighted by Crippen LogP contribution is 2.23. The minimum atomic E-state index is -1.76. The largest absolute Gasteiger partial charge is 0.506 e. The maximum atomic E-state index is 12.5. The van der Waals surface area contributed by atoms with E-state index in [0.29, 0.717) is 5.52 Å². The van der Waals surface area contributed by atoms with Crippen molar-refractivity contribution in [3.05, 3.63) is 24.3 Å². The first-order chi connectivity index (χ1) is 11.2. The Morgan fingerprint density at radius 1 is 1.21 bits per heavy atom. The molecule has 6 nitrogen and oxygen atoms in total. The fraction of sp³-hybridized carbons (Fsp3) is 0.471. The summed E-state index contributed by atoms with van der Waals surface area (Å²) < 4.78 is 6.61. The average Bonchev–Trinajstić information content (AvgIpc) is 2.85. The molecule has 1 aromatic heterocycles. The van der Waals surface area contributed by atoms with Gasteiger partial charge in [-0.15, -0.1) is 0 Å². The van der Waals surface area contributed by atoms with Gasteiger partial charge in [-0.1, -0.05) is 0 Å². The predicted molar refractivity (Wildman–Crippen MR) is 97.0 cm³/mol. The Morgan fingerprint density at radius 2 is 1.83 bits per heavy atom. The van der Waals surface area contributed by atoms with Gasteiger partial charge in [0.2, 0.25) is 0 Å². The van der Waals surface area contributed by atoms with Crippen molar-refractivity contribution in [2.45, 2.75) is 40.2 Å². The number of hydrogen-bond acceptors (Lipinski definition) is 5. The van der Waals surface area contributed by atoms with Gasteiger partial charge in [0.05, 0.1) is 11.1 Å². The lowest BCUT2D eigenvalue weighted by Crippen LogP contribution is -2.40. The highest BCUT2D eigenvalue weighted by Gasteiger charge is 2.27. The molecular formula is C17H25BN2O4. The summed E-state index contributed by atoms with van der Waals surface area (Å²) >= 11 is 0. The molecule has 0 amide bonds. The van der Waals surface area contributed by atoms with E-state index < -0.39 is 18.8 Å². The zero-order valence-corrected chi connectivity index (χ0v) is 14.9. The van der Waals surface area contributed by atoms with Crippen LogP contribution in [0.4, 0.5) is 10.5 Å². The molecule has 0 fully saturated rings. The van der Waals surface area contributed by atoms with Gasteiger partial charge >= 0.3 is 13.2 Å². The van der Waals surface area contributed by atoms with Gasteiger partial charge in [-0.2, -0.15) is 0 Å². The summed E-state index contributed by atoms with van der Waals surface area (Å²) in [5.41, 5.74) is 1.03. The van der Waals surface area contributed by atoms with Gasteiger partial charge in [0.1, 0.15) is 5.60 Å². The van der Waals surface area contributed by atoms with Gasteiger partial charge in [0, 0.05) is 24.2 Å². The molecule has 7 heteroatoms. The lowest BCUT2D eigenvalue weighted by molar-refractivity contribution is 0.0547. The van der Waals surface area contributed by atoms with E-state index in [-0.39, 0.29) is 5.59 Å². The zero-order valence-electron chi connectivity index (χ0n) is 14.9. The lowest BCUT2D eigenvalue weighted by atomic mass is 9.86. The van der Waals surface area contributed by atoms with Crippen molar-refractivity contribution in [3.8, 4) is 0 Å². The van der Waals surface area contributed by atoms with E-state index in [1.807, 2.05) is 12.1 Å². The third-order valence-electron chi connectivity index (χ3n) is 3.78. The van der Waals surface area contributed by atoms with E-state index in [0.717, 1.165) is 24.2 Å². The van der Waals surface area contributed by atoms with Crippen molar-refractivity contribution >= 4 is 35.4 Å². The van der Waals surface area contributed by atoms with Crippen LogP contribution in [0, 0.1) is 0 Å². The lowest BCUT2D eigenvalue weighted by Gasteiger charge is -2.22. The molecule has 0 aliphatic rings. The summed E-state index contributed by atoms with van der Waals surface area (Å²) in [5.74, 6) is 0. The molecule has 0 spiro atoms. The van der Waals surface area contributed by atoms with Crippen molar-refractivity contribution in [2.24, 2.45) is 0 Å². The van der Waals surface area contributed by atoms with E-state index in [9.17, 15) is 14.8 Å². The molecule has 0 unspecified atom stereocenters. The Kier molecular flexibility index (Phi) is 5.25. The molecule has 0 saturated heterocycles. The van der Waals surface area contributed by atoms with Gasteiger partial charge < -0.3 is 19.7 Å². The summed E-state index contributed by atoms with van der Waals surface area (Å²) in [7, 11) is -1.76. The number of nitrogens with zero attached hydrogens (tertiary/aromatic N) is 2. The normalized spacial score (nSPS) is 11.6. The topological polar surface area (TPSA) is 74.9 Å². The van der Waals surface area contributed by atoms with Crippen LogP contribution >= 0.6 is 0 Å². The number of rotatable bonds is 4. The van der Waals surface area contributed by atoms with Crippen LogP contribution in [-0.4, -0.2) is 46.5 Å². The average molecular weight is 332 g/mol. The van der Waals surface area contributed by atoms with Crippen LogP contribution in [0.3, 0.4) is 0 Å². The first kappa shape index (κ1) is 18.4. The molecule has 2 aromatic rings. The summed E-state index contributed by atoms with van der Waals surface area (Å²) in [6, 6.07) is 7.27. The minimum absolute atomic E-state index is 0.0935. The molecule has 2 N–H and O–H groups in total. The smallest absolute Gasteiger partial charge is 0.443 e. The maximum Gasteiger partial charge on any atom is 0.506 e. The van der Waals surface area contributed by atoms with E-state index in [1.54, 1.807) is 32.9 Å². The molecule has 0 saturated carbocycles. The van der Waals surface area contributed by atoms with E-state index in [2.05, 4.69) is 18.7 Å². The monoisotopic (exact) mass is 332 g/mol. The number of hydrogen-bond donors (Lipinski definition) is 2. The number of carbonyl (C=O) groups is 1. The van der Waals surface area contributed by atoms with Gasteiger partial charge in [-0.25, -0.2) is 4.79 Å². The van der Waals surface area contributed by atoms with Crippen molar-refractivity contribution in [3.63, 3.8) is 0 Å². The van der Waals surface area contributed by atoms with Gasteiger partial charge in [0.25, 0.3) is 0 Å². The van der Waals surface area contributed by atoms with Crippen LogP contribution in [0.15, 0.2) is 24.3 Å². The summed E-state index contributed by atoms with van der Waals surface area (Å²) in [4.78, 5) is 14.7. The second-order valence-electron chi connectivity index (χ2n) is 6.67. The third kappa shape index (κ3) is 3.74. The van der Waals surface area contributed by atoms with Crippen LogP contribution < -0.4 is 10.5 Å².